The van der Waals surface area contributed by atoms with Crippen LogP contribution in [0.25, 0.3) is 0 Å². The largest absolute Gasteiger partial charge is 0.349 e. The number of carbonyl (C=O) groups is 3. The summed E-state index contributed by atoms with van der Waals surface area (Å²) in [5.41, 5.74) is 1.16. The minimum Gasteiger partial charge on any atom is -0.349 e. The number of nitrogens with zero attached hydrogens (tertiary/aromatic N) is 1. The van der Waals surface area contributed by atoms with E-state index in [0.29, 0.717) is 16.7 Å². The van der Waals surface area contributed by atoms with Crippen molar-refractivity contribution in [3.05, 3.63) is 34.9 Å². The molecule has 5 nitrogen and oxygen atoms in total. The van der Waals surface area contributed by atoms with Gasteiger partial charge in [0.05, 0.1) is 11.1 Å². The van der Waals surface area contributed by atoms with E-state index < -0.39 is 0 Å². The number of hydrogen-bond acceptors (Lipinski definition) is 3. The van der Waals surface area contributed by atoms with Gasteiger partial charge in [0.2, 0.25) is 0 Å². The molecule has 0 atom stereocenters. The van der Waals surface area contributed by atoms with Crippen LogP contribution in [0.1, 0.15) is 102 Å². The fraction of sp³-hybridized carbons (Fsp3) is 0.591. The van der Waals surface area contributed by atoms with Crippen molar-refractivity contribution >= 4 is 17.7 Å². The SMILES string of the molecule is CN1C(=O)c2ccc(C(=O)NC3CCCCCCCCCCC3)cc2C1=O. The molecule has 3 amide bonds. The molecular weight excluding hydrogens is 340 g/mol. The lowest BCUT2D eigenvalue weighted by molar-refractivity contribution is 0.0693. The van der Waals surface area contributed by atoms with E-state index >= 15 is 0 Å². The Morgan fingerprint density at radius 2 is 1.37 bits per heavy atom. The van der Waals surface area contributed by atoms with Crippen LogP contribution in [-0.4, -0.2) is 35.7 Å². The standard InChI is InChI=1S/C22H30N2O3/c1-24-21(26)18-14-13-16(15-19(18)22(24)27)20(25)23-17-11-9-7-5-3-2-4-6-8-10-12-17/h13-15,17H,2-12H2,1H3,(H,23,25). The van der Waals surface area contributed by atoms with Gasteiger partial charge in [0.15, 0.2) is 0 Å². The number of rotatable bonds is 2. The molecule has 27 heavy (non-hydrogen) atoms. The van der Waals surface area contributed by atoms with Crippen LogP contribution in [0.3, 0.4) is 0 Å². The molecule has 1 heterocycles. The van der Waals surface area contributed by atoms with Crippen LogP contribution in [0.4, 0.5) is 0 Å². The molecule has 1 aliphatic heterocycles. The van der Waals surface area contributed by atoms with Crippen molar-refractivity contribution in [1.29, 1.82) is 0 Å². The van der Waals surface area contributed by atoms with Gasteiger partial charge < -0.3 is 5.32 Å². The first-order valence-electron chi connectivity index (χ1n) is 10.4. The zero-order valence-corrected chi connectivity index (χ0v) is 16.3. The summed E-state index contributed by atoms with van der Waals surface area (Å²) >= 11 is 0. The smallest absolute Gasteiger partial charge is 0.261 e. The minimum atomic E-state index is -0.337. The summed E-state index contributed by atoms with van der Waals surface area (Å²) in [5.74, 6) is -0.790. The van der Waals surface area contributed by atoms with Gasteiger partial charge in [-0.15, -0.1) is 0 Å². The lowest BCUT2D eigenvalue weighted by Gasteiger charge is -2.19. The predicted molar refractivity (Wildman–Crippen MR) is 105 cm³/mol. The molecule has 0 aromatic heterocycles. The van der Waals surface area contributed by atoms with E-state index in [2.05, 4.69) is 5.32 Å². The maximum atomic E-state index is 12.7. The predicted octanol–water partition coefficient (Wildman–Crippen LogP) is 4.32. The summed E-state index contributed by atoms with van der Waals surface area (Å²) in [6, 6.07) is 4.98. The highest BCUT2D eigenvalue weighted by molar-refractivity contribution is 6.21. The van der Waals surface area contributed by atoms with Gasteiger partial charge in [-0.05, 0) is 31.0 Å². The molecule has 0 radical (unpaired) electrons. The van der Waals surface area contributed by atoms with E-state index in [-0.39, 0.29) is 23.8 Å². The molecule has 1 N–H and O–H groups in total. The molecule has 1 aliphatic carbocycles. The molecule has 5 heteroatoms. The molecule has 1 saturated carbocycles. The van der Waals surface area contributed by atoms with Crippen LogP contribution in [0.2, 0.25) is 0 Å². The van der Waals surface area contributed by atoms with Gasteiger partial charge in [0, 0.05) is 18.7 Å². The first-order chi connectivity index (χ1) is 13.1. The maximum Gasteiger partial charge on any atom is 0.261 e. The topological polar surface area (TPSA) is 66.5 Å². The number of nitrogens with one attached hydrogen (secondary N) is 1. The zero-order valence-electron chi connectivity index (χ0n) is 16.3. The Morgan fingerprint density at radius 1 is 0.852 bits per heavy atom. The number of carbonyl (C=O) groups excluding carboxylic acids is 3. The third kappa shape index (κ3) is 4.76. The summed E-state index contributed by atoms with van der Waals surface area (Å²) in [7, 11) is 1.47. The summed E-state index contributed by atoms with van der Waals surface area (Å²) in [5, 5.41) is 3.17. The highest BCUT2D eigenvalue weighted by Gasteiger charge is 2.33. The average molecular weight is 370 g/mol. The Bertz CT molecular complexity index is 702. The molecule has 2 aliphatic rings. The van der Waals surface area contributed by atoms with E-state index in [1.807, 2.05) is 0 Å². The normalized spacial score (nSPS) is 20.0. The van der Waals surface area contributed by atoms with Crippen molar-refractivity contribution in [2.24, 2.45) is 0 Å². The van der Waals surface area contributed by atoms with E-state index in [0.717, 1.165) is 30.6 Å². The summed E-state index contributed by atoms with van der Waals surface area (Å²) < 4.78 is 0. The number of benzene rings is 1. The van der Waals surface area contributed by atoms with Crippen LogP contribution in [0, 0.1) is 0 Å². The Morgan fingerprint density at radius 3 is 1.96 bits per heavy atom. The van der Waals surface area contributed by atoms with E-state index in [9.17, 15) is 14.4 Å². The Hall–Kier alpha value is -2.17. The molecule has 1 aromatic rings. The van der Waals surface area contributed by atoms with Crippen molar-refractivity contribution in [2.75, 3.05) is 7.05 Å². The van der Waals surface area contributed by atoms with Crippen molar-refractivity contribution < 1.29 is 14.4 Å². The van der Waals surface area contributed by atoms with Gasteiger partial charge in [0.25, 0.3) is 17.7 Å². The van der Waals surface area contributed by atoms with E-state index in [1.54, 1.807) is 18.2 Å². The first kappa shape index (κ1) is 19.6. The second kappa shape index (κ2) is 9.16. The first-order valence-corrected chi connectivity index (χ1v) is 10.4. The molecule has 0 bridgehead atoms. The molecule has 146 valence electrons. The number of fused-ring (bicyclic) bond motifs is 1. The summed E-state index contributed by atoms with van der Waals surface area (Å²) in [4.78, 5) is 38.0. The fourth-order valence-corrected chi connectivity index (χ4v) is 4.08. The van der Waals surface area contributed by atoms with Crippen molar-refractivity contribution in [3.63, 3.8) is 0 Å². The Kier molecular flexibility index (Phi) is 6.64. The quantitative estimate of drug-likeness (QED) is 0.789. The Labute approximate surface area is 161 Å². The van der Waals surface area contributed by atoms with Crippen LogP contribution in [0.15, 0.2) is 18.2 Å². The lowest BCUT2D eigenvalue weighted by Crippen LogP contribution is -2.35. The van der Waals surface area contributed by atoms with Crippen molar-refractivity contribution in [2.45, 2.75) is 76.7 Å². The zero-order chi connectivity index (χ0) is 19.2. The van der Waals surface area contributed by atoms with E-state index in [1.165, 1.54) is 52.0 Å². The highest BCUT2D eigenvalue weighted by atomic mass is 16.2. The monoisotopic (exact) mass is 370 g/mol. The molecule has 1 fully saturated rings. The molecule has 0 saturated heterocycles. The summed E-state index contributed by atoms with van der Waals surface area (Å²) in [6.45, 7) is 0. The molecule has 1 aromatic carbocycles. The number of amides is 3. The van der Waals surface area contributed by atoms with Gasteiger partial charge in [-0.2, -0.15) is 0 Å². The maximum absolute atomic E-state index is 12.7. The van der Waals surface area contributed by atoms with Crippen LogP contribution in [0.5, 0.6) is 0 Å². The number of imide groups is 1. The Balaban J connectivity index is 1.64. The molecule has 0 spiro atoms. The average Bonchev–Trinajstić information content (AvgIpc) is 2.88. The highest BCUT2D eigenvalue weighted by Crippen LogP contribution is 2.23. The third-order valence-corrected chi connectivity index (χ3v) is 5.79. The molecule has 0 unspecified atom stereocenters. The van der Waals surface area contributed by atoms with Gasteiger partial charge in [-0.25, -0.2) is 0 Å². The van der Waals surface area contributed by atoms with Crippen LogP contribution >= 0.6 is 0 Å². The fourth-order valence-electron chi connectivity index (χ4n) is 4.08. The van der Waals surface area contributed by atoms with Gasteiger partial charge in [0.1, 0.15) is 0 Å². The second-order valence-corrected chi connectivity index (χ2v) is 7.86. The van der Waals surface area contributed by atoms with Crippen LogP contribution in [-0.2, 0) is 0 Å². The van der Waals surface area contributed by atoms with Gasteiger partial charge in [-0.1, -0.05) is 57.8 Å². The summed E-state index contributed by atoms with van der Waals surface area (Å²) in [6.07, 6.45) is 13.4. The minimum absolute atomic E-state index is 0.148. The third-order valence-electron chi connectivity index (χ3n) is 5.79. The van der Waals surface area contributed by atoms with Crippen molar-refractivity contribution in [3.8, 4) is 0 Å². The van der Waals surface area contributed by atoms with Gasteiger partial charge >= 0.3 is 0 Å². The molecular formula is C22H30N2O3. The lowest BCUT2D eigenvalue weighted by atomic mass is 9.97. The number of hydrogen-bond donors (Lipinski definition) is 1. The van der Waals surface area contributed by atoms with E-state index in [4.69, 9.17) is 0 Å². The van der Waals surface area contributed by atoms with Crippen LogP contribution < -0.4 is 5.32 Å². The van der Waals surface area contributed by atoms with Gasteiger partial charge in [-0.3, -0.25) is 19.3 Å². The molecule has 3 rings (SSSR count). The second-order valence-electron chi connectivity index (χ2n) is 7.86. The van der Waals surface area contributed by atoms with Crippen molar-refractivity contribution in [1.82, 2.24) is 10.2 Å².